The molecule has 1 atom stereocenters. The Morgan fingerprint density at radius 1 is 1.47 bits per heavy atom. The SMILES string of the molecule is CC(C#N)CNC(=O)CCc1c[nH]c2ccccc12. The largest absolute Gasteiger partial charge is 0.361 e. The lowest BCUT2D eigenvalue weighted by Crippen LogP contribution is -2.27. The summed E-state index contributed by atoms with van der Waals surface area (Å²) in [5.74, 6) is -0.149. The molecule has 0 spiro atoms. The van der Waals surface area contributed by atoms with Gasteiger partial charge in [0.05, 0.1) is 12.0 Å². The van der Waals surface area contributed by atoms with Gasteiger partial charge >= 0.3 is 0 Å². The maximum Gasteiger partial charge on any atom is 0.220 e. The molecule has 0 saturated carbocycles. The van der Waals surface area contributed by atoms with Crippen LogP contribution in [0.1, 0.15) is 18.9 Å². The summed E-state index contributed by atoms with van der Waals surface area (Å²) < 4.78 is 0. The van der Waals surface area contributed by atoms with Gasteiger partial charge in [0.1, 0.15) is 0 Å². The normalized spacial score (nSPS) is 12.0. The molecule has 2 rings (SSSR count). The van der Waals surface area contributed by atoms with E-state index in [4.69, 9.17) is 5.26 Å². The van der Waals surface area contributed by atoms with Crippen molar-refractivity contribution in [3.8, 4) is 6.07 Å². The van der Waals surface area contributed by atoms with Crippen molar-refractivity contribution in [1.29, 1.82) is 5.26 Å². The number of carbonyl (C=O) groups is 1. The number of nitriles is 1. The Kier molecular flexibility index (Phi) is 4.19. The topological polar surface area (TPSA) is 68.7 Å². The molecule has 1 unspecified atom stereocenters. The fraction of sp³-hybridized carbons (Fsp3) is 0.333. The van der Waals surface area contributed by atoms with Gasteiger partial charge in [0, 0.05) is 30.1 Å². The van der Waals surface area contributed by atoms with E-state index >= 15 is 0 Å². The molecule has 0 aliphatic rings. The fourth-order valence-corrected chi connectivity index (χ4v) is 1.99. The van der Waals surface area contributed by atoms with Crippen LogP contribution in [-0.2, 0) is 11.2 Å². The van der Waals surface area contributed by atoms with Gasteiger partial charge in [0.15, 0.2) is 0 Å². The average Bonchev–Trinajstić information content (AvgIpc) is 2.85. The molecule has 0 saturated heterocycles. The molecule has 1 amide bonds. The number of aromatic amines is 1. The summed E-state index contributed by atoms with van der Waals surface area (Å²) in [5, 5.41) is 12.6. The zero-order valence-corrected chi connectivity index (χ0v) is 10.9. The van der Waals surface area contributed by atoms with E-state index in [1.165, 1.54) is 5.39 Å². The number of hydrogen-bond acceptors (Lipinski definition) is 2. The van der Waals surface area contributed by atoms with Gasteiger partial charge in [-0.15, -0.1) is 0 Å². The Labute approximate surface area is 112 Å². The molecule has 0 radical (unpaired) electrons. The first-order valence-corrected chi connectivity index (χ1v) is 6.42. The second-order valence-electron chi connectivity index (χ2n) is 4.69. The third-order valence-corrected chi connectivity index (χ3v) is 3.12. The van der Waals surface area contributed by atoms with Gasteiger partial charge in [0.25, 0.3) is 0 Å². The second kappa shape index (κ2) is 6.05. The fourth-order valence-electron chi connectivity index (χ4n) is 1.99. The third kappa shape index (κ3) is 3.35. The maximum absolute atomic E-state index is 11.7. The Hall–Kier alpha value is -2.28. The summed E-state index contributed by atoms with van der Waals surface area (Å²) >= 11 is 0. The van der Waals surface area contributed by atoms with Crippen LogP contribution in [0.25, 0.3) is 10.9 Å². The number of amides is 1. The minimum atomic E-state index is -0.142. The summed E-state index contributed by atoms with van der Waals surface area (Å²) in [6.07, 6.45) is 3.10. The van der Waals surface area contributed by atoms with Gasteiger partial charge in [-0.2, -0.15) is 5.26 Å². The minimum Gasteiger partial charge on any atom is -0.361 e. The van der Waals surface area contributed by atoms with Crippen molar-refractivity contribution in [1.82, 2.24) is 10.3 Å². The highest BCUT2D eigenvalue weighted by molar-refractivity contribution is 5.84. The molecule has 0 aliphatic heterocycles. The summed E-state index contributed by atoms with van der Waals surface area (Å²) in [4.78, 5) is 14.9. The lowest BCUT2D eigenvalue weighted by molar-refractivity contribution is -0.121. The van der Waals surface area contributed by atoms with Gasteiger partial charge < -0.3 is 10.3 Å². The lowest BCUT2D eigenvalue weighted by Gasteiger charge is -2.05. The van der Waals surface area contributed by atoms with Crippen LogP contribution < -0.4 is 5.32 Å². The van der Waals surface area contributed by atoms with Crippen molar-refractivity contribution in [2.24, 2.45) is 5.92 Å². The predicted octanol–water partition coefficient (Wildman–Crippen LogP) is 2.38. The highest BCUT2D eigenvalue weighted by Crippen LogP contribution is 2.18. The molecule has 0 aliphatic carbocycles. The second-order valence-corrected chi connectivity index (χ2v) is 4.69. The quantitative estimate of drug-likeness (QED) is 0.861. The Morgan fingerprint density at radius 2 is 2.26 bits per heavy atom. The molecule has 4 nitrogen and oxygen atoms in total. The number of carbonyl (C=O) groups excluding carboxylic acids is 1. The standard InChI is InChI=1S/C15H17N3O/c1-11(8-16)9-18-15(19)7-6-12-10-17-14-5-3-2-4-13(12)14/h2-5,10-11,17H,6-7,9H2,1H3,(H,18,19). The molecule has 19 heavy (non-hydrogen) atoms. The van der Waals surface area contributed by atoms with Gasteiger partial charge in [-0.25, -0.2) is 0 Å². The van der Waals surface area contributed by atoms with Gasteiger partial charge in [-0.1, -0.05) is 18.2 Å². The van der Waals surface area contributed by atoms with Crippen LogP contribution in [0.4, 0.5) is 0 Å². The van der Waals surface area contributed by atoms with E-state index in [2.05, 4.69) is 22.4 Å². The van der Waals surface area contributed by atoms with Crippen LogP contribution in [0.15, 0.2) is 30.5 Å². The molecule has 98 valence electrons. The highest BCUT2D eigenvalue weighted by Gasteiger charge is 2.07. The first-order chi connectivity index (χ1) is 9.20. The minimum absolute atomic E-state index is 0.00705. The van der Waals surface area contributed by atoms with Crippen molar-refractivity contribution in [2.75, 3.05) is 6.54 Å². The summed E-state index contributed by atoms with van der Waals surface area (Å²) in [6, 6.07) is 10.1. The summed E-state index contributed by atoms with van der Waals surface area (Å²) in [7, 11) is 0. The molecule has 1 heterocycles. The molecule has 0 fully saturated rings. The van der Waals surface area contributed by atoms with Gasteiger partial charge in [-0.3, -0.25) is 4.79 Å². The average molecular weight is 255 g/mol. The molecular formula is C15H17N3O. The Bertz CT molecular complexity index is 609. The number of nitrogens with one attached hydrogen (secondary N) is 2. The van der Waals surface area contributed by atoms with E-state index in [9.17, 15) is 4.79 Å². The zero-order valence-electron chi connectivity index (χ0n) is 10.9. The van der Waals surface area contributed by atoms with Gasteiger partial charge in [-0.05, 0) is 25.0 Å². The van der Waals surface area contributed by atoms with E-state index in [-0.39, 0.29) is 11.8 Å². The molecule has 2 aromatic rings. The van der Waals surface area contributed by atoms with Crippen molar-refractivity contribution in [3.05, 3.63) is 36.0 Å². The number of aromatic nitrogens is 1. The van der Waals surface area contributed by atoms with Crippen molar-refractivity contribution in [3.63, 3.8) is 0 Å². The third-order valence-electron chi connectivity index (χ3n) is 3.12. The van der Waals surface area contributed by atoms with E-state index < -0.39 is 0 Å². The summed E-state index contributed by atoms with van der Waals surface area (Å²) in [5.41, 5.74) is 2.25. The lowest BCUT2D eigenvalue weighted by atomic mass is 10.1. The molecular weight excluding hydrogens is 238 g/mol. The molecule has 1 aromatic carbocycles. The number of H-pyrrole nitrogens is 1. The predicted molar refractivity (Wildman–Crippen MR) is 74.4 cm³/mol. The van der Waals surface area contributed by atoms with Crippen molar-refractivity contribution in [2.45, 2.75) is 19.8 Å². The van der Waals surface area contributed by atoms with Crippen LogP contribution >= 0.6 is 0 Å². The van der Waals surface area contributed by atoms with E-state index in [1.807, 2.05) is 24.4 Å². The van der Waals surface area contributed by atoms with Crippen LogP contribution in [0.2, 0.25) is 0 Å². The molecule has 2 N–H and O–H groups in total. The van der Waals surface area contributed by atoms with E-state index in [0.717, 1.165) is 11.1 Å². The number of rotatable bonds is 5. The van der Waals surface area contributed by atoms with Crippen LogP contribution in [-0.4, -0.2) is 17.4 Å². The van der Waals surface area contributed by atoms with Crippen molar-refractivity contribution >= 4 is 16.8 Å². The Morgan fingerprint density at radius 3 is 3.05 bits per heavy atom. The van der Waals surface area contributed by atoms with Crippen molar-refractivity contribution < 1.29 is 4.79 Å². The molecule has 1 aromatic heterocycles. The van der Waals surface area contributed by atoms with Crippen LogP contribution in [0, 0.1) is 17.2 Å². The number of para-hydroxylation sites is 1. The Balaban J connectivity index is 1.89. The van der Waals surface area contributed by atoms with Crippen LogP contribution in [0.5, 0.6) is 0 Å². The molecule has 4 heteroatoms. The zero-order chi connectivity index (χ0) is 13.7. The monoisotopic (exact) mass is 255 g/mol. The van der Waals surface area contributed by atoms with E-state index in [1.54, 1.807) is 6.92 Å². The summed E-state index contributed by atoms with van der Waals surface area (Å²) in [6.45, 7) is 2.21. The highest BCUT2D eigenvalue weighted by atomic mass is 16.1. The first-order valence-electron chi connectivity index (χ1n) is 6.42. The maximum atomic E-state index is 11.7. The number of hydrogen-bond donors (Lipinski definition) is 2. The van der Waals surface area contributed by atoms with Gasteiger partial charge in [0.2, 0.25) is 5.91 Å². The number of nitrogens with zero attached hydrogens (tertiary/aromatic N) is 1. The van der Waals surface area contributed by atoms with E-state index in [0.29, 0.717) is 19.4 Å². The number of fused-ring (bicyclic) bond motifs is 1. The number of benzene rings is 1. The smallest absolute Gasteiger partial charge is 0.220 e. The first kappa shape index (κ1) is 13.2. The van der Waals surface area contributed by atoms with Crippen LogP contribution in [0.3, 0.4) is 0 Å². The number of aryl methyl sites for hydroxylation is 1. The molecule has 0 bridgehead atoms.